The van der Waals surface area contributed by atoms with Crippen LogP contribution in [0.2, 0.25) is 0 Å². The van der Waals surface area contributed by atoms with Crippen molar-refractivity contribution in [3.63, 3.8) is 0 Å². The molecule has 164 valence electrons. The van der Waals surface area contributed by atoms with E-state index in [1.807, 2.05) is 55.5 Å². The van der Waals surface area contributed by atoms with Gasteiger partial charge in [0.15, 0.2) is 5.78 Å². The summed E-state index contributed by atoms with van der Waals surface area (Å²) >= 11 is 0. The van der Waals surface area contributed by atoms with Gasteiger partial charge in [0, 0.05) is 5.56 Å². The molecule has 0 unspecified atom stereocenters. The highest BCUT2D eigenvalue weighted by atomic mass is 19.1. The summed E-state index contributed by atoms with van der Waals surface area (Å²) in [5.74, 6) is 1.11. The van der Waals surface area contributed by atoms with Gasteiger partial charge in [-0.05, 0) is 85.5 Å². The average Bonchev–Trinajstić information content (AvgIpc) is 2.81. The maximum absolute atomic E-state index is 12.9. The van der Waals surface area contributed by atoms with Gasteiger partial charge in [-0.25, -0.2) is 4.39 Å². The second kappa shape index (κ2) is 11.7. The Kier molecular flexibility index (Phi) is 8.38. The molecule has 4 heteroatoms. The first kappa shape index (κ1) is 23.0. The molecule has 3 aromatic rings. The fourth-order valence-corrected chi connectivity index (χ4v) is 2.98. The van der Waals surface area contributed by atoms with Crippen LogP contribution in [0.5, 0.6) is 11.5 Å². The lowest BCUT2D eigenvalue weighted by Crippen LogP contribution is -2.02. The van der Waals surface area contributed by atoms with Crippen LogP contribution >= 0.6 is 0 Å². The normalized spacial score (nSPS) is 10.8. The number of hydrogen-bond acceptors (Lipinski definition) is 3. The molecule has 3 aromatic carbocycles. The zero-order valence-corrected chi connectivity index (χ0v) is 18.2. The Morgan fingerprint density at radius 2 is 1.31 bits per heavy atom. The monoisotopic (exact) mass is 430 g/mol. The number of halogens is 1. The number of rotatable bonds is 11. The molecule has 0 bridgehead atoms. The molecule has 0 amide bonds. The minimum atomic E-state index is -0.359. The lowest BCUT2D eigenvalue weighted by Gasteiger charge is -2.08. The molecule has 3 rings (SSSR count). The molecule has 3 nitrogen and oxygen atoms in total. The molecule has 0 fully saturated rings. The number of benzene rings is 3. The van der Waals surface area contributed by atoms with Gasteiger partial charge in [-0.15, -0.1) is 0 Å². The van der Waals surface area contributed by atoms with E-state index >= 15 is 0 Å². The predicted octanol–water partition coefficient (Wildman–Crippen LogP) is 6.99. The van der Waals surface area contributed by atoms with E-state index in [1.165, 1.54) is 30.3 Å². The van der Waals surface area contributed by atoms with Crippen LogP contribution < -0.4 is 9.47 Å². The molecule has 0 aliphatic heterocycles. The van der Waals surface area contributed by atoms with E-state index in [9.17, 15) is 9.18 Å². The minimum absolute atomic E-state index is 0.167. The maximum atomic E-state index is 12.9. The molecule has 0 saturated heterocycles. The number of unbranched alkanes of at least 4 members (excludes halogenated alkanes) is 1. The molecule has 0 aliphatic carbocycles. The zero-order chi connectivity index (χ0) is 22.8. The van der Waals surface area contributed by atoms with Gasteiger partial charge in [-0.3, -0.25) is 4.79 Å². The summed E-state index contributed by atoms with van der Waals surface area (Å²) in [6.45, 7) is 7.16. The lowest BCUT2D eigenvalue weighted by atomic mass is 10.1. The molecule has 0 spiro atoms. The third kappa shape index (κ3) is 7.24. The first-order chi connectivity index (χ1) is 15.5. The number of ether oxygens (including phenoxy) is 2. The van der Waals surface area contributed by atoms with Crippen LogP contribution in [0.1, 0.15) is 41.3 Å². The molecule has 0 aliphatic rings. The van der Waals surface area contributed by atoms with Crippen molar-refractivity contribution >= 4 is 17.4 Å². The summed E-state index contributed by atoms with van der Waals surface area (Å²) in [7, 11) is 0. The first-order valence-electron chi connectivity index (χ1n) is 10.6. The van der Waals surface area contributed by atoms with Crippen molar-refractivity contribution < 1.29 is 18.7 Å². The molecular formula is C28H27FO3. The number of hydrogen-bond donors (Lipinski definition) is 0. The highest BCUT2D eigenvalue weighted by molar-refractivity contribution is 6.06. The third-order valence-electron chi connectivity index (χ3n) is 4.86. The van der Waals surface area contributed by atoms with Gasteiger partial charge in [-0.1, -0.05) is 42.5 Å². The summed E-state index contributed by atoms with van der Waals surface area (Å²) < 4.78 is 24.5. The van der Waals surface area contributed by atoms with E-state index in [4.69, 9.17) is 9.47 Å². The van der Waals surface area contributed by atoms with Crippen molar-refractivity contribution in [3.8, 4) is 11.5 Å². The zero-order valence-electron chi connectivity index (χ0n) is 18.2. The molecular weight excluding hydrogens is 403 g/mol. The molecule has 0 heterocycles. The Morgan fingerprint density at radius 3 is 1.84 bits per heavy atom. The summed E-state index contributed by atoms with van der Waals surface area (Å²) in [6, 6.07) is 21.0. The lowest BCUT2D eigenvalue weighted by molar-refractivity contribution is 0.104. The second-order valence-electron chi connectivity index (χ2n) is 7.48. The Morgan fingerprint density at radius 1 is 0.812 bits per heavy atom. The predicted molar refractivity (Wildman–Crippen MR) is 128 cm³/mol. The second-order valence-corrected chi connectivity index (χ2v) is 7.48. The van der Waals surface area contributed by atoms with Gasteiger partial charge in [0.05, 0.1) is 13.2 Å². The van der Waals surface area contributed by atoms with Crippen LogP contribution in [0.3, 0.4) is 0 Å². The topological polar surface area (TPSA) is 35.5 Å². The quantitative estimate of drug-likeness (QED) is 0.187. The molecule has 0 radical (unpaired) electrons. The van der Waals surface area contributed by atoms with Crippen molar-refractivity contribution in [2.45, 2.75) is 19.8 Å². The van der Waals surface area contributed by atoms with Crippen molar-refractivity contribution in [2.24, 2.45) is 0 Å². The van der Waals surface area contributed by atoms with Crippen molar-refractivity contribution in [1.82, 2.24) is 0 Å². The SMILES string of the molecule is C=C(C)c1ccc(OCCCCOc2ccc(C=CC(=O)c3ccc(F)cc3)cc2)cc1. The van der Waals surface area contributed by atoms with E-state index in [-0.39, 0.29) is 11.6 Å². The van der Waals surface area contributed by atoms with Gasteiger partial charge in [0.2, 0.25) is 0 Å². The highest BCUT2D eigenvalue weighted by Crippen LogP contribution is 2.18. The fourth-order valence-electron chi connectivity index (χ4n) is 2.98. The van der Waals surface area contributed by atoms with Crippen LogP contribution in [-0.2, 0) is 0 Å². The maximum Gasteiger partial charge on any atom is 0.185 e. The van der Waals surface area contributed by atoms with Crippen LogP contribution in [0.4, 0.5) is 4.39 Å². The van der Waals surface area contributed by atoms with Gasteiger partial charge in [0.25, 0.3) is 0 Å². The average molecular weight is 431 g/mol. The fraction of sp³-hybridized carbons (Fsp3) is 0.179. The third-order valence-corrected chi connectivity index (χ3v) is 4.86. The summed E-state index contributed by atoms with van der Waals surface area (Å²) in [4.78, 5) is 12.1. The summed E-state index contributed by atoms with van der Waals surface area (Å²) in [6.07, 6.45) is 5.00. The van der Waals surface area contributed by atoms with Crippen LogP contribution in [0, 0.1) is 5.82 Å². The van der Waals surface area contributed by atoms with Gasteiger partial charge < -0.3 is 9.47 Å². The van der Waals surface area contributed by atoms with E-state index in [0.717, 1.165) is 41.0 Å². The van der Waals surface area contributed by atoms with Crippen molar-refractivity contribution in [2.75, 3.05) is 13.2 Å². The highest BCUT2D eigenvalue weighted by Gasteiger charge is 2.02. The standard InChI is InChI=1S/C28H27FO3/c1-21(2)23-10-16-27(17-11-23)32-20-4-3-19-31-26-14-5-22(6-15-26)7-18-28(30)24-8-12-25(29)13-9-24/h5-18H,1,3-4,19-20H2,2H3. The van der Waals surface area contributed by atoms with Crippen molar-refractivity contribution in [3.05, 3.63) is 108 Å². The molecule has 32 heavy (non-hydrogen) atoms. The van der Waals surface area contributed by atoms with Gasteiger partial charge in [-0.2, -0.15) is 0 Å². The van der Waals surface area contributed by atoms with E-state index in [0.29, 0.717) is 18.8 Å². The smallest absolute Gasteiger partial charge is 0.185 e. The number of carbonyl (C=O) groups is 1. The largest absolute Gasteiger partial charge is 0.494 e. The van der Waals surface area contributed by atoms with Crippen LogP contribution in [-0.4, -0.2) is 19.0 Å². The number of carbonyl (C=O) groups excluding carboxylic acids is 1. The molecule has 0 aromatic heterocycles. The van der Waals surface area contributed by atoms with Crippen LogP contribution in [0.15, 0.2) is 85.5 Å². The first-order valence-corrected chi connectivity index (χ1v) is 10.6. The minimum Gasteiger partial charge on any atom is -0.494 e. The number of ketones is 1. The van der Waals surface area contributed by atoms with E-state index in [1.54, 1.807) is 6.08 Å². The Hall–Kier alpha value is -3.66. The van der Waals surface area contributed by atoms with Crippen molar-refractivity contribution in [1.29, 1.82) is 0 Å². The van der Waals surface area contributed by atoms with Gasteiger partial charge in [0.1, 0.15) is 17.3 Å². The van der Waals surface area contributed by atoms with E-state index in [2.05, 4.69) is 6.58 Å². The Balaban J connectivity index is 1.35. The molecule has 0 saturated carbocycles. The Labute approximate surface area is 188 Å². The molecule has 0 N–H and O–H groups in total. The van der Waals surface area contributed by atoms with Gasteiger partial charge >= 0.3 is 0 Å². The van der Waals surface area contributed by atoms with Crippen LogP contribution in [0.25, 0.3) is 11.6 Å². The summed E-state index contributed by atoms with van der Waals surface area (Å²) in [5, 5.41) is 0. The molecule has 0 atom stereocenters. The Bertz CT molecular complexity index is 1050. The summed E-state index contributed by atoms with van der Waals surface area (Å²) in [5.41, 5.74) is 3.50. The van der Waals surface area contributed by atoms with E-state index < -0.39 is 0 Å². The number of allylic oxidation sites excluding steroid dienone is 2.